The van der Waals surface area contributed by atoms with Gasteiger partial charge in [-0.1, -0.05) is 66.8 Å². The topological polar surface area (TPSA) is 12.5 Å². The summed E-state index contributed by atoms with van der Waals surface area (Å²) in [5.74, 6) is -3.19. The maximum atomic E-state index is 15.0. The fourth-order valence-corrected chi connectivity index (χ4v) is 4.66. The van der Waals surface area contributed by atoms with Crippen LogP contribution in [-0.4, -0.2) is 6.61 Å². The van der Waals surface area contributed by atoms with Crippen LogP contribution in [0.2, 0.25) is 0 Å². The van der Waals surface area contributed by atoms with E-state index in [-0.39, 0.29) is 22.8 Å². The second-order valence-corrected chi connectivity index (χ2v) is 8.81. The van der Waals surface area contributed by atoms with Crippen LogP contribution in [0.1, 0.15) is 43.4 Å². The van der Waals surface area contributed by atoms with E-state index in [1.54, 1.807) is 36.4 Å². The molecule has 1 heterocycles. The molecule has 0 amide bonds. The molecule has 1 aliphatic carbocycles. The van der Waals surface area contributed by atoms with Gasteiger partial charge in [0.15, 0.2) is 23.3 Å². The molecule has 1 saturated heterocycles. The van der Waals surface area contributed by atoms with E-state index in [0.717, 1.165) is 18.4 Å². The quantitative estimate of drug-likeness (QED) is 0.210. The molecule has 5 heteroatoms. The number of rotatable bonds is 5. The molecule has 2 aliphatic rings. The number of hydrogen-bond acceptors (Lipinski definition) is 1. The molecule has 0 saturated carbocycles. The Balaban J connectivity index is 1.41. The minimum absolute atomic E-state index is 0.107. The van der Waals surface area contributed by atoms with Crippen molar-refractivity contribution in [2.75, 3.05) is 6.61 Å². The Morgan fingerprint density at radius 3 is 1.88 bits per heavy atom. The monoisotopic (exact) mass is 464 g/mol. The van der Waals surface area contributed by atoms with E-state index in [4.69, 9.17) is 4.74 Å². The summed E-state index contributed by atoms with van der Waals surface area (Å²) in [6, 6.07) is 12.6. The van der Waals surface area contributed by atoms with Crippen LogP contribution in [0.4, 0.5) is 17.6 Å². The summed E-state index contributed by atoms with van der Waals surface area (Å²) in [7, 11) is 0. The van der Waals surface area contributed by atoms with Crippen LogP contribution in [0.3, 0.4) is 0 Å². The molecule has 0 radical (unpaired) electrons. The van der Waals surface area contributed by atoms with E-state index < -0.39 is 23.3 Å². The molecule has 2 atom stereocenters. The molecule has 2 unspecified atom stereocenters. The standard InChI is InChI=1S/C29H24F4O/c1-2-3-17-4-6-18(7-5-17)21-12-13-22(27(31)26(21)30)19-8-10-20(11-9-19)23-14-15-24(25-16-34-25)29(33)28(23)32/h2-3,6,8-15,17,25H,4-5,7,16H2,1H3/b3-2+. The highest BCUT2D eigenvalue weighted by molar-refractivity contribution is 5.74. The van der Waals surface area contributed by atoms with Crippen molar-refractivity contribution in [3.8, 4) is 22.3 Å². The fraction of sp³-hybridized carbons (Fsp3) is 0.241. The number of halogens is 4. The molecule has 0 N–H and O–H groups in total. The van der Waals surface area contributed by atoms with Crippen molar-refractivity contribution < 1.29 is 22.3 Å². The molecule has 0 aromatic heterocycles. The summed E-state index contributed by atoms with van der Waals surface area (Å²) in [4.78, 5) is 0. The van der Waals surface area contributed by atoms with E-state index in [1.165, 1.54) is 12.1 Å². The van der Waals surface area contributed by atoms with E-state index in [9.17, 15) is 13.2 Å². The van der Waals surface area contributed by atoms with Crippen molar-refractivity contribution in [1.82, 2.24) is 0 Å². The largest absolute Gasteiger partial charge is 0.368 e. The van der Waals surface area contributed by atoms with Gasteiger partial charge < -0.3 is 4.74 Å². The lowest BCUT2D eigenvalue weighted by Crippen LogP contribution is -2.05. The minimum atomic E-state index is -0.945. The van der Waals surface area contributed by atoms with Gasteiger partial charge in [0, 0.05) is 22.3 Å². The van der Waals surface area contributed by atoms with Gasteiger partial charge in [-0.15, -0.1) is 0 Å². The van der Waals surface area contributed by atoms with Crippen molar-refractivity contribution in [1.29, 1.82) is 0 Å². The van der Waals surface area contributed by atoms with Crippen molar-refractivity contribution >= 4 is 5.57 Å². The van der Waals surface area contributed by atoms with Gasteiger partial charge in [0.05, 0.1) is 6.61 Å². The lowest BCUT2D eigenvalue weighted by molar-refractivity contribution is 0.401. The average molecular weight is 465 g/mol. The minimum Gasteiger partial charge on any atom is -0.368 e. The number of epoxide rings is 1. The molecule has 34 heavy (non-hydrogen) atoms. The van der Waals surface area contributed by atoms with Gasteiger partial charge in [-0.2, -0.15) is 0 Å². The second-order valence-electron chi connectivity index (χ2n) is 8.81. The second kappa shape index (κ2) is 9.22. The van der Waals surface area contributed by atoms with Crippen molar-refractivity contribution in [3.63, 3.8) is 0 Å². The summed E-state index contributed by atoms with van der Waals surface area (Å²) >= 11 is 0. The Morgan fingerprint density at radius 1 is 0.765 bits per heavy atom. The number of allylic oxidation sites excluding steroid dienone is 4. The molecule has 0 bridgehead atoms. The summed E-state index contributed by atoms with van der Waals surface area (Å²) in [5.41, 5.74) is 2.48. The van der Waals surface area contributed by atoms with E-state index in [0.29, 0.717) is 35.6 Å². The van der Waals surface area contributed by atoms with Crippen molar-refractivity contribution in [3.05, 3.63) is 101 Å². The fourth-order valence-electron chi connectivity index (χ4n) is 4.66. The predicted molar refractivity (Wildman–Crippen MR) is 126 cm³/mol. The first kappa shape index (κ1) is 22.6. The third-order valence-corrected chi connectivity index (χ3v) is 6.64. The molecular weight excluding hydrogens is 440 g/mol. The first-order valence-electron chi connectivity index (χ1n) is 11.5. The molecule has 0 spiro atoms. The third-order valence-electron chi connectivity index (χ3n) is 6.64. The molecule has 3 aromatic rings. The SMILES string of the molecule is C/C=C/C1CC=C(c2ccc(-c3ccc(-c4ccc(C5CO5)c(F)c4F)cc3)c(F)c2F)CC1. The maximum Gasteiger partial charge on any atom is 0.167 e. The maximum absolute atomic E-state index is 15.0. The summed E-state index contributed by atoms with van der Waals surface area (Å²) in [6.07, 6.45) is 8.20. The highest BCUT2D eigenvalue weighted by Crippen LogP contribution is 2.38. The lowest BCUT2D eigenvalue weighted by atomic mass is 9.85. The normalized spacial score (nSPS) is 20.0. The number of hydrogen-bond donors (Lipinski definition) is 0. The summed E-state index contributed by atoms with van der Waals surface area (Å²) < 4.78 is 64.1. The van der Waals surface area contributed by atoms with E-state index in [1.807, 2.05) is 19.1 Å². The van der Waals surface area contributed by atoms with Crippen LogP contribution < -0.4 is 0 Å². The number of ether oxygens (including phenoxy) is 1. The molecule has 5 rings (SSSR count). The Bertz CT molecular complexity index is 1290. The molecule has 1 fully saturated rings. The summed E-state index contributed by atoms with van der Waals surface area (Å²) in [5, 5.41) is 0. The Kier molecular flexibility index (Phi) is 6.13. The number of benzene rings is 3. The highest BCUT2D eigenvalue weighted by Gasteiger charge is 2.30. The van der Waals surface area contributed by atoms with Crippen LogP contribution in [0.15, 0.2) is 66.8 Å². The van der Waals surface area contributed by atoms with Crippen LogP contribution in [0, 0.1) is 29.2 Å². The lowest BCUT2D eigenvalue weighted by Gasteiger charge is -2.20. The smallest absolute Gasteiger partial charge is 0.167 e. The van der Waals surface area contributed by atoms with Crippen LogP contribution >= 0.6 is 0 Å². The Labute approximate surface area is 196 Å². The van der Waals surface area contributed by atoms with Gasteiger partial charge in [0.2, 0.25) is 0 Å². The van der Waals surface area contributed by atoms with Gasteiger partial charge >= 0.3 is 0 Å². The van der Waals surface area contributed by atoms with Crippen LogP contribution in [-0.2, 0) is 4.74 Å². The molecule has 174 valence electrons. The molecule has 3 aromatic carbocycles. The Morgan fingerprint density at radius 2 is 1.32 bits per heavy atom. The van der Waals surface area contributed by atoms with Crippen LogP contribution in [0.5, 0.6) is 0 Å². The third kappa shape index (κ3) is 4.21. The Hall–Kier alpha value is -3.18. The molecular formula is C29H24F4O. The highest BCUT2D eigenvalue weighted by atomic mass is 19.2. The summed E-state index contributed by atoms with van der Waals surface area (Å²) in [6.45, 7) is 2.37. The molecule has 1 nitrogen and oxygen atoms in total. The first-order valence-corrected chi connectivity index (χ1v) is 11.5. The van der Waals surface area contributed by atoms with Crippen molar-refractivity contribution in [2.24, 2.45) is 5.92 Å². The zero-order valence-corrected chi connectivity index (χ0v) is 18.8. The van der Waals surface area contributed by atoms with Gasteiger partial charge in [0.1, 0.15) is 6.10 Å². The van der Waals surface area contributed by atoms with E-state index >= 15 is 4.39 Å². The predicted octanol–water partition coefficient (Wildman–Crippen LogP) is 8.41. The van der Waals surface area contributed by atoms with Gasteiger partial charge in [-0.3, -0.25) is 0 Å². The zero-order chi connectivity index (χ0) is 23.8. The molecule has 1 aliphatic heterocycles. The van der Waals surface area contributed by atoms with E-state index in [2.05, 4.69) is 6.08 Å². The average Bonchev–Trinajstić information content (AvgIpc) is 3.69. The first-order chi connectivity index (χ1) is 16.5. The van der Waals surface area contributed by atoms with Gasteiger partial charge in [-0.05, 0) is 48.8 Å². The van der Waals surface area contributed by atoms with Gasteiger partial charge in [0.25, 0.3) is 0 Å². The zero-order valence-electron chi connectivity index (χ0n) is 18.8. The van der Waals surface area contributed by atoms with Crippen molar-refractivity contribution in [2.45, 2.75) is 32.3 Å². The van der Waals surface area contributed by atoms with Crippen LogP contribution in [0.25, 0.3) is 27.8 Å². The van der Waals surface area contributed by atoms with Gasteiger partial charge in [-0.25, -0.2) is 17.6 Å².